The predicted molar refractivity (Wildman–Crippen MR) is 81.9 cm³/mol. The summed E-state index contributed by atoms with van der Waals surface area (Å²) in [5, 5.41) is 0. The number of rotatable bonds is 3. The van der Waals surface area contributed by atoms with Crippen LogP contribution in [0, 0.1) is 0 Å². The number of carbonyl (C=O) groups excluding carboxylic acids is 1. The highest BCUT2D eigenvalue weighted by Gasteiger charge is 2.11. The first-order valence-corrected chi connectivity index (χ1v) is 7.21. The van der Waals surface area contributed by atoms with Gasteiger partial charge in [0.1, 0.15) is 5.78 Å². The second kappa shape index (κ2) is 6.00. The van der Waals surface area contributed by atoms with Crippen molar-refractivity contribution in [1.29, 1.82) is 0 Å². The number of benzene rings is 2. The fourth-order valence-electron chi connectivity index (χ4n) is 2.45. The average Bonchev–Trinajstić information content (AvgIpc) is 2.72. The molecule has 3 heteroatoms. The zero-order valence-corrected chi connectivity index (χ0v) is 12.1. The second-order valence-corrected chi connectivity index (χ2v) is 5.29. The van der Waals surface area contributed by atoms with Crippen LogP contribution in [0.2, 0.25) is 0 Å². The van der Waals surface area contributed by atoms with E-state index in [0.717, 1.165) is 34.6 Å². The number of fused-ring (bicyclic) bond motifs is 1. The van der Waals surface area contributed by atoms with E-state index in [-0.39, 0.29) is 5.78 Å². The van der Waals surface area contributed by atoms with Crippen molar-refractivity contribution in [1.82, 2.24) is 0 Å². The zero-order chi connectivity index (χ0) is 14.7. The lowest BCUT2D eigenvalue weighted by Gasteiger charge is -2.10. The molecule has 1 aliphatic rings. The molecular weight excluding hydrogens is 264 g/mol. The Kier molecular flexibility index (Phi) is 3.91. The lowest BCUT2D eigenvalue weighted by molar-refractivity contribution is -0.116. The Balaban J connectivity index is 1.86. The molecule has 2 aromatic rings. The minimum Gasteiger partial charge on any atom is -0.490 e. The molecule has 0 amide bonds. The van der Waals surface area contributed by atoms with E-state index in [2.05, 4.69) is 0 Å². The molecule has 3 nitrogen and oxygen atoms in total. The fourth-order valence-corrected chi connectivity index (χ4v) is 2.45. The van der Waals surface area contributed by atoms with Gasteiger partial charge < -0.3 is 9.47 Å². The van der Waals surface area contributed by atoms with E-state index in [1.54, 1.807) is 6.92 Å². The predicted octanol–water partition coefficient (Wildman–Crippen LogP) is 3.65. The summed E-state index contributed by atoms with van der Waals surface area (Å²) in [6, 6.07) is 14.1. The Morgan fingerprint density at radius 1 is 0.952 bits per heavy atom. The lowest BCUT2D eigenvalue weighted by atomic mass is 10.0. The van der Waals surface area contributed by atoms with E-state index in [9.17, 15) is 4.79 Å². The van der Waals surface area contributed by atoms with Crippen molar-refractivity contribution in [2.24, 2.45) is 0 Å². The van der Waals surface area contributed by atoms with E-state index in [1.165, 1.54) is 0 Å². The molecule has 2 aromatic carbocycles. The fraction of sp³-hybridized carbons (Fsp3) is 0.278. The molecule has 3 rings (SSSR count). The van der Waals surface area contributed by atoms with Gasteiger partial charge in [-0.05, 0) is 35.7 Å². The summed E-state index contributed by atoms with van der Waals surface area (Å²) in [5.41, 5.74) is 3.24. The van der Waals surface area contributed by atoms with Crippen molar-refractivity contribution in [3.8, 4) is 22.6 Å². The third kappa shape index (κ3) is 3.24. The van der Waals surface area contributed by atoms with Crippen molar-refractivity contribution >= 4 is 5.78 Å². The summed E-state index contributed by atoms with van der Waals surface area (Å²) < 4.78 is 11.4. The summed E-state index contributed by atoms with van der Waals surface area (Å²) in [5.74, 6) is 1.79. The van der Waals surface area contributed by atoms with Crippen LogP contribution in [0.25, 0.3) is 11.1 Å². The van der Waals surface area contributed by atoms with Gasteiger partial charge in [0.05, 0.1) is 13.2 Å². The van der Waals surface area contributed by atoms with Gasteiger partial charge in [0.15, 0.2) is 11.5 Å². The van der Waals surface area contributed by atoms with Gasteiger partial charge >= 0.3 is 0 Å². The number of carbonyl (C=O) groups is 1. The van der Waals surface area contributed by atoms with Crippen LogP contribution in [0.15, 0.2) is 42.5 Å². The van der Waals surface area contributed by atoms with Crippen molar-refractivity contribution in [2.75, 3.05) is 13.2 Å². The van der Waals surface area contributed by atoms with Crippen molar-refractivity contribution in [2.45, 2.75) is 19.8 Å². The molecular formula is C18H18O3. The van der Waals surface area contributed by atoms with Crippen LogP contribution >= 0.6 is 0 Å². The van der Waals surface area contributed by atoms with Gasteiger partial charge in [-0.2, -0.15) is 0 Å². The third-order valence-electron chi connectivity index (χ3n) is 3.49. The number of ether oxygens (including phenoxy) is 2. The van der Waals surface area contributed by atoms with E-state index in [4.69, 9.17) is 9.47 Å². The smallest absolute Gasteiger partial charge is 0.161 e. The highest BCUT2D eigenvalue weighted by molar-refractivity contribution is 5.78. The molecule has 21 heavy (non-hydrogen) atoms. The van der Waals surface area contributed by atoms with Crippen molar-refractivity contribution in [3.05, 3.63) is 48.0 Å². The van der Waals surface area contributed by atoms with Crippen LogP contribution in [-0.4, -0.2) is 19.0 Å². The first kappa shape index (κ1) is 13.7. The van der Waals surface area contributed by atoms with Crippen molar-refractivity contribution in [3.63, 3.8) is 0 Å². The summed E-state index contributed by atoms with van der Waals surface area (Å²) in [6.45, 7) is 3.00. The van der Waals surface area contributed by atoms with Gasteiger partial charge in [-0.25, -0.2) is 0 Å². The van der Waals surface area contributed by atoms with E-state index >= 15 is 0 Å². The topological polar surface area (TPSA) is 35.5 Å². The van der Waals surface area contributed by atoms with Gasteiger partial charge in [0, 0.05) is 12.8 Å². The molecule has 108 valence electrons. The Bertz CT molecular complexity index is 644. The normalized spacial score (nSPS) is 13.6. The maximum Gasteiger partial charge on any atom is 0.161 e. The molecule has 0 aromatic heterocycles. The van der Waals surface area contributed by atoms with E-state index < -0.39 is 0 Å². The largest absolute Gasteiger partial charge is 0.490 e. The number of hydrogen-bond acceptors (Lipinski definition) is 3. The number of ketones is 1. The maximum absolute atomic E-state index is 11.1. The molecule has 0 saturated heterocycles. The van der Waals surface area contributed by atoms with Gasteiger partial charge in [-0.1, -0.05) is 30.3 Å². The highest BCUT2D eigenvalue weighted by atomic mass is 16.5. The molecule has 0 saturated carbocycles. The van der Waals surface area contributed by atoms with Gasteiger partial charge in [-0.3, -0.25) is 4.79 Å². The van der Waals surface area contributed by atoms with Gasteiger partial charge in [0.25, 0.3) is 0 Å². The Morgan fingerprint density at radius 3 is 2.33 bits per heavy atom. The lowest BCUT2D eigenvalue weighted by Crippen LogP contribution is -1.97. The Hall–Kier alpha value is -2.29. The summed E-state index contributed by atoms with van der Waals surface area (Å²) >= 11 is 0. The molecule has 0 atom stereocenters. The maximum atomic E-state index is 11.1. The van der Waals surface area contributed by atoms with Crippen LogP contribution in [-0.2, 0) is 11.2 Å². The first-order valence-electron chi connectivity index (χ1n) is 7.21. The van der Waals surface area contributed by atoms with Gasteiger partial charge in [0.2, 0.25) is 0 Å². The minimum atomic E-state index is 0.179. The Morgan fingerprint density at radius 2 is 1.62 bits per heavy atom. The minimum absolute atomic E-state index is 0.179. The van der Waals surface area contributed by atoms with Crippen molar-refractivity contribution < 1.29 is 14.3 Å². The quantitative estimate of drug-likeness (QED) is 0.862. The van der Waals surface area contributed by atoms with Crippen LogP contribution in [0.5, 0.6) is 11.5 Å². The molecule has 0 bridgehead atoms. The van der Waals surface area contributed by atoms with Gasteiger partial charge in [-0.15, -0.1) is 0 Å². The standard InChI is InChI=1S/C18H18O3/c1-13(19)11-14-3-5-15(6-4-14)16-7-8-17-18(12-16)21-10-2-9-20-17/h3-8,12H,2,9-11H2,1H3. The Labute approximate surface area is 124 Å². The molecule has 0 N–H and O–H groups in total. The monoisotopic (exact) mass is 282 g/mol. The molecule has 0 unspecified atom stereocenters. The molecule has 0 aliphatic carbocycles. The second-order valence-electron chi connectivity index (χ2n) is 5.29. The van der Waals surface area contributed by atoms with Crippen LogP contribution in [0.4, 0.5) is 0 Å². The zero-order valence-electron chi connectivity index (χ0n) is 12.1. The third-order valence-corrected chi connectivity index (χ3v) is 3.49. The molecule has 0 fully saturated rings. The molecule has 1 aliphatic heterocycles. The van der Waals surface area contributed by atoms with Crippen LogP contribution in [0.1, 0.15) is 18.9 Å². The summed E-state index contributed by atoms with van der Waals surface area (Å²) in [4.78, 5) is 11.1. The summed E-state index contributed by atoms with van der Waals surface area (Å²) in [7, 11) is 0. The average molecular weight is 282 g/mol. The van der Waals surface area contributed by atoms with E-state index in [1.807, 2.05) is 42.5 Å². The number of hydrogen-bond donors (Lipinski definition) is 0. The molecule has 0 radical (unpaired) electrons. The summed E-state index contributed by atoms with van der Waals surface area (Å²) in [6.07, 6.45) is 1.39. The van der Waals surface area contributed by atoms with Crippen LogP contribution < -0.4 is 9.47 Å². The number of Topliss-reactive ketones (excluding diaryl/α,β-unsaturated/α-hetero) is 1. The molecule has 1 heterocycles. The van der Waals surface area contributed by atoms with E-state index in [0.29, 0.717) is 19.6 Å². The van der Waals surface area contributed by atoms with Crippen LogP contribution in [0.3, 0.4) is 0 Å². The SMILES string of the molecule is CC(=O)Cc1ccc(-c2ccc3c(c2)OCCCO3)cc1. The highest BCUT2D eigenvalue weighted by Crippen LogP contribution is 2.34. The molecule has 0 spiro atoms. The first-order chi connectivity index (χ1) is 10.2.